The number of carbonyl (C=O) groups excluding carboxylic acids is 2. The molecule has 3 rings (SSSR count). The molecule has 0 heterocycles. The average molecular weight is 435 g/mol. The van der Waals surface area contributed by atoms with Crippen molar-refractivity contribution in [1.82, 2.24) is 10.2 Å². The molecule has 160 valence electrons. The molecule has 3 aromatic rings. The molecular formula is C26H27ClN2O2. The van der Waals surface area contributed by atoms with E-state index < -0.39 is 6.04 Å². The van der Waals surface area contributed by atoms with Gasteiger partial charge in [-0.3, -0.25) is 9.59 Å². The average Bonchev–Trinajstić information content (AvgIpc) is 2.80. The summed E-state index contributed by atoms with van der Waals surface area (Å²) in [5.41, 5.74) is 2.72. The molecule has 0 unspecified atom stereocenters. The third-order valence-electron chi connectivity index (χ3n) is 5.04. The van der Waals surface area contributed by atoms with Crippen molar-refractivity contribution in [2.24, 2.45) is 0 Å². The number of rotatable bonds is 9. The zero-order chi connectivity index (χ0) is 22.1. The van der Waals surface area contributed by atoms with Gasteiger partial charge in [-0.15, -0.1) is 0 Å². The predicted octanol–water partition coefficient (Wildman–Crippen LogP) is 5.53. The smallest absolute Gasteiger partial charge is 0.247 e. The Balaban J connectivity index is 1.89. The summed E-state index contributed by atoms with van der Waals surface area (Å²) in [5, 5.41) is 3.65. The van der Waals surface area contributed by atoms with E-state index in [4.69, 9.17) is 11.6 Å². The second kappa shape index (κ2) is 11.3. The van der Waals surface area contributed by atoms with Gasteiger partial charge in [0.2, 0.25) is 11.8 Å². The highest BCUT2D eigenvalue weighted by Crippen LogP contribution is 2.25. The van der Waals surface area contributed by atoms with Crippen LogP contribution in [0.15, 0.2) is 84.9 Å². The van der Waals surface area contributed by atoms with Crippen LogP contribution in [0.25, 0.3) is 0 Å². The van der Waals surface area contributed by atoms with E-state index in [1.54, 1.807) is 17.0 Å². The van der Waals surface area contributed by atoms with Crippen LogP contribution in [-0.2, 0) is 22.7 Å². The number of carbonyl (C=O) groups is 2. The third kappa shape index (κ3) is 6.43. The molecule has 0 aromatic heterocycles. The van der Waals surface area contributed by atoms with Crippen LogP contribution in [0.1, 0.15) is 42.5 Å². The number of hydrogen-bond donors (Lipinski definition) is 1. The van der Waals surface area contributed by atoms with Crippen molar-refractivity contribution in [3.63, 3.8) is 0 Å². The van der Waals surface area contributed by atoms with E-state index in [1.807, 2.05) is 79.7 Å². The van der Waals surface area contributed by atoms with Crippen LogP contribution in [0.3, 0.4) is 0 Å². The van der Waals surface area contributed by atoms with Crippen LogP contribution in [0, 0.1) is 0 Å². The molecule has 5 heteroatoms. The lowest BCUT2D eigenvalue weighted by Crippen LogP contribution is -2.43. The molecule has 0 saturated heterocycles. The summed E-state index contributed by atoms with van der Waals surface area (Å²) in [6.45, 7) is 2.70. The molecule has 0 bridgehead atoms. The number of nitrogens with zero attached hydrogens (tertiary/aromatic N) is 1. The van der Waals surface area contributed by atoms with Crippen molar-refractivity contribution in [2.75, 3.05) is 0 Å². The molecule has 0 spiro atoms. The maximum atomic E-state index is 13.4. The molecule has 0 aliphatic carbocycles. The molecule has 0 saturated carbocycles. The van der Waals surface area contributed by atoms with Crippen molar-refractivity contribution in [1.29, 1.82) is 0 Å². The molecule has 1 N–H and O–H groups in total. The van der Waals surface area contributed by atoms with Gasteiger partial charge in [-0.25, -0.2) is 0 Å². The van der Waals surface area contributed by atoms with Crippen LogP contribution in [0.5, 0.6) is 0 Å². The molecule has 31 heavy (non-hydrogen) atoms. The fourth-order valence-electron chi connectivity index (χ4n) is 3.46. The lowest BCUT2D eigenvalue weighted by Gasteiger charge is -2.31. The summed E-state index contributed by atoms with van der Waals surface area (Å²) in [6.07, 6.45) is 1.11. The number of amides is 2. The van der Waals surface area contributed by atoms with Crippen molar-refractivity contribution < 1.29 is 9.59 Å². The van der Waals surface area contributed by atoms with E-state index in [-0.39, 0.29) is 11.8 Å². The van der Waals surface area contributed by atoms with Gasteiger partial charge in [-0.05, 0) is 35.2 Å². The summed E-state index contributed by atoms with van der Waals surface area (Å²) in [4.78, 5) is 28.2. The highest BCUT2D eigenvalue weighted by molar-refractivity contribution is 6.30. The Morgan fingerprint density at radius 3 is 2.10 bits per heavy atom. The minimum absolute atomic E-state index is 0.0400. The first-order valence-electron chi connectivity index (χ1n) is 10.5. The standard InChI is InChI=1S/C26H27ClN2O2/c1-2-9-24(30)29(19-21-10-5-3-6-11-21)25(22-12-7-4-8-13-22)26(31)28-18-20-14-16-23(27)17-15-20/h3-8,10-17,25H,2,9,18-19H2,1H3,(H,28,31)/t25-/m0/s1. The highest BCUT2D eigenvalue weighted by atomic mass is 35.5. The van der Waals surface area contributed by atoms with E-state index in [1.165, 1.54) is 0 Å². The molecule has 0 aliphatic heterocycles. The number of nitrogens with one attached hydrogen (secondary N) is 1. The Bertz CT molecular complexity index is 975. The Hall–Kier alpha value is -3.11. The normalized spacial score (nSPS) is 11.5. The zero-order valence-electron chi connectivity index (χ0n) is 17.6. The first kappa shape index (κ1) is 22.6. The summed E-state index contributed by atoms with van der Waals surface area (Å²) in [5.74, 6) is -0.247. The van der Waals surface area contributed by atoms with Crippen molar-refractivity contribution in [3.8, 4) is 0 Å². The first-order valence-corrected chi connectivity index (χ1v) is 10.9. The third-order valence-corrected chi connectivity index (χ3v) is 5.29. The lowest BCUT2D eigenvalue weighted by atomic mass is 10.0. The van der Waals surface area contributed by atoms with Crippen molar-refractivity contribution in [2.45, 2.75) is 38.9 Å². The minimum Gasteiger partial charge on any atom is -0.350 e. The quantitative estimate of drug-likeness (QED) is 0.481. The van der Waals surface area contributed by atoms with E-state index in [2.05, 4.69) is 5.32 Å². The molecule has 3 aromatic carbocycles. The van der Waals surface area contributed by atoms with Gasteiger partial charge in [0, 0.05) is 24.5 Å². The molecule has 2 amide bonds. The van der Waals surface area contributed by atoms with Gasteiger partial charge < -0.3 is 10.2 Å². The second-order valence-electron chi connectivity index (χ2n) is 7.41. The SMILES string of the molecule is CCCC(=O)N(Cc1ccccc1)[C@H](C(=O)NCc1ccc(Cl)cc1)c1ccccc1. The molecule has 0 fully saturated rings. The number of benzene rings is 3. The molecule has 0 radical (unpaired) electrons. The van der Waals surface area contributed by atoms with Crippen molar-refractivity contribution >= 4 is 23.4 Å². The van der Waals surface area contributed by atoms with Gasteiger partial charge in [-0.1, -0.05) is 91.3 Å². The highest BCUT2D eigenvalue weighted by Gasteiger charge is 2.30. The Kier molecular flexibility index (Phi) is 8.25. The van der Waals surface area contributed by atoms with Gasteiger partial charge in [0.25, 0.3) is 0 Å². The van der Waals surface area contributed by atoms with Gasteiger partial charge in [0.05, 0.1) is 0 Å². The van der Waals surface area contributed by atoms with Crippen molar-refractivity contribution in [3.05, 3.63) is 107 Å². The molecule has 1 atom stereocenters. The summed E-state index contributed by atoms with van der Waals surface area (Å²) >= 11 is 5.96. The van der Waals surface area contributed by atoms with Gasteiger partial charge in [-0.2, -0.15) is 0 Å². The van der Waals surface area contributed by atoms with Crippen LogP contribution in [-0.4, -0.2) is 16.7 Å². The van der Waals surface area contributed by atoms with E-state index in [0.29, 0.717) is 24.5 Å². The lowest BCUT2D eigenvalue weighted by molar-refractivity contribution is -0.141. The monoisotopic (exact) mass is 434 g/mol. The summed E-state index contributed by atoms with van der Waals surface area (Å²) in [6, 6.07) is 25.9. The number of hydrogen-bond acceptors (Lipinski definition) is 2. The Labute approximate surface area is 188 Å². The van der Waals surface area contributed by atoms with Crippen LogP contribution in [0.2, 0.25) is 5.02 Å². The summed E-state index contributed by atoms with van der Waals surface area (Å²) in [7, 11) is 0. The zero-order valence-corrected chi connectivity index (χ0v) is 18.4. The maximum Gasteiger partial charge on any atom is 0.247 e. The maximum absolute atomic E-state index is 13.4. The topological polar surface area (TPSA) is 49.4 Å². The van der Waals surface area contributed by atoms with Gasteiger partial charge in [0.1, 0.15) is 6.04 Å². The summed E-state index contributed by atoms with van der Waals surface area (Å²) < 4.78 is 0. The Morgan fingerprint density at radius 2 is 1.48 bits per heavy atom. The number of halogens is 1. The fourth-order valence-corrected chi connectivity index (χ4v) is 3.58. The predicted molar refractivity (Wildman–Crippen MR) is 124 cm³/mol. The van der Waals surface area contributed by atoms with E-state index in [9.17, 15) is 9.59 Å². The van der Waals surface area contributed by atoms with Crippen LogP contribution < -0.4 is 5.32 Å². The largest absolute Gasteiger partial charge is 0.350 e. The van der Waals surface area contributed by atoms with Crippen LogP contribution in [0.4, 0.5) is 0 Å². The fraction of sp³-hybridized carbons (Fsp3) is 0.231. The van der Waals surface area contributed by atoms with E-state index >= 15 is 0 Å². The first-order chi connectivity index (χ1) is 15.1. The van der Waals surface area contributed by atoms with E-state index in [0.717, 1.165) is 23.1 Å². The molecule has 4 nitrogen and oxygen atoms in total. The van der Waals surface area contributed by atoms with Crippen LogP contribution >= 0.6 is 11.6 Å². The molecule has 0 aliphatic rings. The van der Waals surface area contributed by atoms with Gasteiger partial charge >= 0.3 is 0 Å². The minimum atomic E-state index is -0.715. The Morgan fingerprint density at radius 1 is 0.871 bits per heavy atom. The second-order valence-corrected chi connectivity index (χ2v) is 7.85. The van der Waals surface area contributed by atoms with Gasteiger partial charge in [0.15, 0.2) is 0 Å². The molecular weight excluding hydrogens is 408 g/mol.